The Bertz CT molecular complexity index is 363. The van der Waals surface area contributed by atoms with Gasteiger partial charge in [0.15, 0.2) is 0 Å². The Hall–Kier alpha value is -0.610. The molecule has 1 fully saturated rings. The first-order valence-electron chi connectivity index (χ1n) is 5.73. The van der Waals surface area contributed by atoms with Gasteiger partial charge >= 0.3 is 0 Å². The maximum absolute atomic E-state index is 4.44. The Morgan fingerprint density at radius 1 is 1.56 bits per heavy atom. The van der Waals surface area contributed by atoms with Crippen molar-refractivity contribution in [1.82, 2.24) is 10.3 Å². The fourth-order valence-corrected chi connectivity index (χ4v) is 2.21. The highest BCUT2D eigenvalue weighted by Crippen LogP contribution is 2.20. The first kappa shape index (κ1) is 11.9. The molecular weight excluding hydrogens is 266 g/mol. The average molecular weight is 284 g/mol. The topological polar surface area (TPSA) is 28.2 Å². The summed E-state index contributed by atoms with van der Waals surface area (Å²) in [5.74, 6) is 1.07. The zero-order valence-corrected chi connectivity index (χ0v) is 11.4. The van der Waals surface area contributed by atoms with Crippen LogP contribution in [0.5, 0.6) is 0 Å². The number of anilines is 1. The van der Waals surface area contributed by atoms with Gasteiger partial charge in [-0.15, -0.1) is 0 Å². The number of pyridine rings is 1. The molecule has 1 N–H and O–H groups in total. The molecule has 0 saturated heterocycles. The van der Waals surface area contributed by atoms with Gasteiger partial charge in [-0.1, -0.05) is 0 Å². The van der Waals surface area contributed by atoms with Crippen molar-refractivity contribution in [2.75, 3.05) is 25.0 Å². The zero-order valence-electron chi connectivity index (χ0n) is 9.83. The van der Waals surface area contributed by atoms with E-state index in [2.05, 4.69) is 51.2 Å². The first-order valence-corrected chi connectivity index (χ1v) is 6.53. The predicted molar refractivity (Wildman–Crippen MR) is 71.0 cm³/mol. The molecular formula is C12H18BrN3. The summed E-state index contributed by atoms with van der Waals surface area (Å²) in [7, 11) is 2.10. The lowest BCUT2D eigenvalue weighted by Gasteiger charge is -2.20. The minimum absolute atomic E-state index is 0.785. The largest absolute Gasteiger partial charge is 0.358 e. The van der Waals surface area contributed by atoms with Crippen molar-refractivity contribution in [3.05, 3.63) is 22.3 Å². The molecule has 1 aliphatic rings. The Balaban J connectivity index is 1.88. The van der Waals surface area contributed by atoms with Crippen molar-refractivity contribution >= 4 is 21.7 Å². The molecule has 0 spiro atoms. The quantitative estimate of drug-likeness (QED) is 0.899. The maximum atomic E-state index is 4.44. The third-order valence-electron chi connectivity index (χ3n) is 2.84. The van der Waals surface area contributed by atoms with Gasteiger partial charge in [-0.3, -0.25) is 0 Å². The van der Waals surface area contributed by atoms with Crippen LogP contribution in [0.15, 0.2) is 16.7 Å². The predicted octanol–water partition coefficient (Wildman–Crippen LogP) is 2.34. The maximum Gasteiger partial charge on any atom is 0.131 e. The second kappa shape index (κ2) is 5.15. The van der Waals surface area contributed by atoms with Gasteiger partial charge in [-0.05, 0) is 47.3 Å². The Labute approximate surface area is 105 Å². The van der Waals surface area contributed by atoms with Gasteiger partial charge in [-0.25, -0.2) is 4.98 Å². The van der Waals surface area contributed by atoms with E-state index in [1.165, 1.54) is 18.4 Å². The normalized spacial score (nSPS) is 15.2. The summed E-state index contributed by atoms with van der Waals surface area (Å²) in [6.07, 6.45) is 4.55. The van der Waals surface area contributed by atoms with E-state index in [9.17, 15) is 0 Å². The van der Waals surface area contributed by atoms with E-state index in [0.29, 0.717) is 0 Å². The third kappa shape index (κ3) is 3.19. The van der Waals surface area contributed by atoms with Gasteiger partial charge < -0.3 is 10.2 Å². The minimum Gasteiger partial charge on any atom is -0.358 e. The van der Waals surface area contributed by atoms with E-state index in [0.717, 1.165) is 29.4 Å². The van der Waals surface area contributed by atoms with E-state index >= 15 is 0 Å². The molecule has 0 atom stereocenters. The third-order valence-corrected chi connectivity index (χ3v) is 3.27. The highest BCUT2D eigenvalue weighted by Gasteiger charge is 2.19. The second-order valence-corrected chi connectivity index (χ2v) is 5.36. The summed E-state index contributed by atoms with van der Waals surface area (Å²) in [5, 5.41) is 3.51. The molecule has 0 amide bonds. The molecule has 1 aromatic heterocycles. The van der Waals surface area contributed by atoms with Crippen LogP contribution in [0, 0.1) is 6.92 Å². The number of rotatable bonds is 5. The van der Waals surface area contributed by atoms with Crippen molar-refractivity contribution in [3.8, 4) is 0 Å². The molecule has 1 heterocycles. The highest BCUT2D eigenvalue weighted by atomic mass is 79.9. The molecule has 0 aliphatic heterocycles. The molecule has 2 rings (SSSR count). The van der Waals surface area contributed by atoms with Crippen molar-refractivity contribution in [1.29, 1.82) is 0 Å². The van der Waals surface area contributed by atoms with E-state index in [4.69, 9.17) is 0 Å². The number of hydrogen-bond donors (Lipinski definition) is 1. The van der Waals surface area contributed by atoms with Crippen LogP contribution < -0.4 is 10.2 Å². The Morgan fingerprint density at radius 2 is 2.31 bits per heavy atom. The van der Waals surface area contributed by atoms with Gasteiger partial charge in [0.2, 0.25) is 0 Å². The molecule has 0 aromatic carbocycles. The van der Waals surface area contributed by atoms with Crippen LogP contribution in [0.3, 0.4) is 0 Å². The summed E-state index contributed by atoms with van der Waals surface area (Å²) >= 11 is 3.43. The van der Waals surface area contributed by atoms with Gasteiger partial charge in [0.05, 0.1) is 0 Å². The summed E-state index contributed by atoms with van der Waals surface area (Å²) in [4.78, 5) is 6.65. The molecule has 1 aliphatic carbocycles. The van der Waals surface area contributed by atoms with Crippen LogP contribution >= 0.6 is 15.9 Å². The molecule has 3 nitrogen and oxygen atoms in total. The number of likely N-dealkylation sites (N-methyl/N-ethyl adjacent to an activating group) is 1. The fraction of sp³-hybridized carbons (Fsp3) is 0.583. The van der Waals surface area contributed by atoms with E-state index < -0.39 is 0 Å². The zero-order chi connectivity index (χ0) is 11.5. The van der Waals surface area contributed by atoms with Gasteiger partial charge in [0.1, 0.15) is 5.82 Å². The Kier molecular flexibility index (Phi) is 3.82. The smallest absolute Gasteiger partial charge is 0.131 e. The number of aryl methyl sites for hydroxylation is 1. The van der Waals surface area contributed by atoms with Gasteiger partial charge in [-0.2, -0.15) is 0 Å². The number of nitrogens with zero attached hydrogens (tertiary/aromatic N) is 2. The summed E-state index contributed by atoms with van der Waals surface area (Å²) in [6.45, 7) is 4.14. The lowest BCUT2D eigenvalue weighted by atomic mass is 10.3. The average Bonchev–Trinajstić information content (AvgIpc) is 3.01. The molecule has 88 valence electrons. The van der Waals surface area contributed by atoms with Crippen LogP contribution in [0.4, 0.5) is 5.82 Å². The fourth-order valence-electron chi connectivity index (χ4n) is 1.76. The van der Waals surface area contributed by atoms with Crippen molar-refractivity contribution in [3.63, 3.8) is 0 Å². The van der Waals surface area contributed by atoms with Crippen molar-refractivity contribution in [2.45, 2.75) is 25.8 Å². The number of hydrogen-bond acceptors (Lipinski definition) is 3. The minimum atomic E-state index is 0.785. The monoisotopic (exact) mass is 283 g/mol. The second-order valence-electron chi connectivity index (χ2n) is 4.44. The van der Waals surface area contributed by atoms with Gasteiger partial charge in [0, 0.05) is 36.8 Å². The van der Waals surface area contributed by atoms with Crippen LogP contribution in [0.1, 0.15) is 18.4 Å². The molecule has 4 heteroatoms. The molecule has 16 heavy (non-hydrogen) atoms. The van der Waals surface area contributed by atoms with E-state index in [1.54, 1.807) is 0 Å². The van der Waals surface area contributed by atoms with E-state index in [-0.39, 0.29) is 0 Å². The Morgan fingerprint density at radius 3 is 2.94 bits per heavy atom. The molecule has 0 unspecified atom stereocenters. The summed E-state index contributed by atoms with van der Waals surface area (Å²) in [6, 6.07) is 2.89. The number of nitrogens with one attached hydrogen (secondary N) is 1. The number of aromatic nitrogens is 1. The molecule has 0 radical (unpaired) electrons. The summed E-state index contributed by atoms with van der Waals surface area (Å²) in [5.41, 5.74) is 1.21. The highest BCUT2D eigenvalue weighted by molar-refractivity contribution is 9.10. The van der Waals surface area contributed by atoms with Crippen LogP contribution in [-0.4, -0.2) is 31.2 Å². The van der Waals surface area contributed by atoms with Crippen LogP contribution in [0.2, 0.25) is 0 Å². The van der Waals surface area contributed by atoms with Crippen molar-refractivity contribution in [2.24, 2.45) is 0 Å². The number of halogens is 1. The molecule has 0 bridgehead atoms. The van der Waals surface area contributed by atoms with Crippen molar-refractivity contribution < 1.29 is 0 Å². The van der Waals surface area contributed by atoms with Gasteiger partial charge in [0.25, 0.3) is 0 Å². The summed E-state index contributed by atoms with van der Waals surface area (Å²) < 4.78 is 1.04. The lowest BCUT2D eigenvalue weighted by molar-refractivity contribution is 0.672. The lowest BCUT2D eigenvalue weighted by Crippen LogP contribution is -2.31. The van der Waals surface area contributed by atoms with Crippen LogP contribution in [-0.2, 0) is 0 Å². The molecule has 1 aromatic rings. The first-order chi connectivity index (χ1) is 7.66. The SMILES string of the molecule is Cc1cc(Br)cnc1N(C)CCNC1CC1. The standard InChI is InChI=1S/C12H18BrN3/c1-9-7-10(13)8-15-12(9)16(2)6-5-14-11-3-4-11/h7-8,11,14H,3-6H2,1-2H3. The van der Waals surface area contributed by atoms with Crippen LogP contribution in [0.25, 0.3) is 0 Å². The van der Waals surface area contributed by atoms with E-state index in [1.807, 2.05) is 6.20 Å². The molecule has 1 saturated carbocycles.